The minimum atomic E-state index is -0.190. The van der Waals surface area contributed by atoms with Crippen LogP contribution >= 0.6 is 23.4 Å². The van der Waals surface area contributed by atoms with Crippen LogP contribution in [0.15, 0.2) is 53.4 Å². The van der Waals surface area contributed by atoms with Crippen LogP contribution in [0.5, 0.6) is 0 Å². The fourth-order valence-corrected chi connectivity index (χ4v) is 4.96. The number of nitrogens with one attached hydrogen (secondary N) is 2. The summed E-state index contributed by atoms with van der Waals surface area (Å²) in [7, 11) is 0. The molecule has 0 unspecified atom stereocenters. The zero-order valence-corrected chi connectivity index (χ0v) is 19.7. The first-order chi connectivity index (χ1) is 14.9. The second-order valence-electron chi connectivity index (χ2n) is 7.77. The molecule has 1 aliphatic rings. The Bertz CT molecular complexity index is 1160. The van der Waals surface area contributed by atoms with Gasteiger partial charge in [0.25, 0.3) is 5.91 Å². The lowest BCUT2D eigenvalue weighted by atomic mass is 10.1. The standard InChI is InChI=1S/C25H26ClN3OS/c1-5-18-7-10-21(11-8-18)27-25-28-24(30)23(31-25)13-19-12-16(3)29(17(19)4)22-14-20(26)9-6-15(22)2/h6-14,25,27H,5H2,1-4H3,(H,28,30)/b23-13-/t25-/m1/s1. The average Bonchev–Trinajstić information content (AvgIpc) is 3.22. The fraction of sp³-hybridized carbons (Fsp3) is 0.240. The van der Waals surface area contributed by atoms with Gasteiger partial charge in [-0.1, -0.05) is 48.5 Å². The van der Waals surface area contributed by atoms with E-state index in [0.29, 0.717) is 9.93 Å². The maximum Gasteiger partial charge on any atom is 0.260 e. The van der Waals surface area contributed by atoms with Crippen molar-refractivity contribution < 1.29 is 4.79 Å². The number of thioether (sulfide) groups is 1. The Morgan fingerprint density at radius 2 is 1.87 bits per heavy atom. The lowest BCUT2D eigenvalue weighted by molar-refractivity contribution is -0.116. The monoisotopic (exact) mass is 451 g/mol. The summed E-state index contributed by atoms with van der Waals surface area (Å²) < 4.78 is 2.19. The molecule has 2 N–H and O–H groups in total. The Labute approximate surface area is 192 Å². The van der Waals surface area contributed by atoms with Gasteiger partial charge in [-0.2, -0.15) is 0 Å². The average molecular weight is 452 g/mol. The first-order valence-electron chi connectivity index (χ1n) is 10.4. The van der Waals surface area contributed by atoms with E-state index in [-0.39, 0.29) is 11.4 Å². The zero-order chi connectivity index (χ0) is 22.1. The van der Waals surface area contributed by atoms with E-state index in [1.54, 1.807) is 0 Å². The Morgan fingerprint density at radius 3 is 2.58 bits per heavy atom. The summed E-state index contributed by atoms with van der Waals surface area (Å²) in [4.78, 5) is 13.3. The summed E-state index contributed by atoms with van der Waals surface area (Å²) in [6.07, 6.45) is 2.98. The van der Waals surface area contributed by atoms with Crippen molar-refractivity contribution in [1.82, 2.24) is 9.88 Å². The van der Waals surface area contributed by atoms with E-state index in [2.05, 4.69) is 61.1 Å². The van der Waals surface area contributed by atoms with Crippen LogP contribution in [0.1, 0.15) is 35.0 Å². The molecule has 4 rings (SSSR count). The highest BCUT2D eigenvalue weighted by Gasteiger charge is 2.27. The number of halogens is 1. The molecule has 2 aromatic carbocycles. The van der Waals surface area contributed by atoms with Crippen LogP contribution in [0.3, 0.4) is 0 Å². The van der Waals surface area contributed by atoms with E-state index in [9.17, 15) is 4.79 Å². The molecule has 0 saturated carbocycles. The number of carbonyl (C=O) groups is 1. The van der Waals surface area contributed by atoms with Crippen molar-refractivity contribution in [2.24, 2.45) is 0 Å². The smallest absolute Gasteiger partial charge is 0.260 e. The van der Waals surface area contributed by atoms with Crippen molar-refractivity contribution in [1.29, 1.82) is 0 Å². The van der Waals surface area contributed by atoms with E-state index in [1.807, 2.05) is 36.4 Å². The molecular weight excluding hydrogens is 426 g/mol. The summed E-state index contributed by atoms with van der Waals surface area (Å²) in [6.45, 7) is 8.35. The van der Waals surface area contributed by atoms with Crippen LogP contribution in [0.2, 0.25) is 5.02 Å². The number of rotatable bonds is 5. The normalized spacial score (nSPS) is 17.3. The predicted molar refractivity (Wildman–Crippen MR) is 132 cm³/mol. The molecule has 0 radical (unpaired) electrons. The maximum atomic E-state index is 12.6. The molecule has 1 saturated heterocycles. The van der Waals surface area contributed by atoms with Crippen LogP contribution in [0, 0.1) is 20.8 Å². The van der Waals surface area contributed by atoms with Crippen LogP contribution in [-0.2, 0) is 11.2 Å². The van der Waals surface area contributed by atoms with Crippen molar-refractivity contribution in [2.75, 3.05) is 5.32 Å². The molecule has 1 aromatic heterocycles. The number of carbonyl (C=O) groups excluding carboxylic acids is 1. The summed E-state index contributed by atoms with van der Waals surface area (Å²) in [6, 6.07) is 16.3. The summed E-state index contributed by atoms with van der Waals surface area (Å²) in [5.74, 6) is -0.0589. The quantitative estimate of drug-likeness (QED) is 0.453. The lowest BCUT2D eigenvalue weighted by Crippen LogP contribution is -2.30. The molecule has 31 heavy (non-hydrogen) atoms. The molecule has 0 bridgehead atoms. The topological polar surface area (TPSA) is 46.1 Å². The number of hydrogen-bond acceptors (Lipinski definition) is 3. The van der Waals surface area contributed by atoms with Gasteiger partial charge >= 0.3 is 0 Å². The highest BCUT2D eigenvalue weighted by Crippen LogP contribution is 2.33. The number of aryl methyl sites for hydroxylation is 3. The van der Waals surface area contributed by atoms with Crippen molar-refractivity contribution in [3.8, 4) is 5.69 Å². The predicted octanol–water partition coefficient (Wildman–Crippen LogP) is 6.22. The minimum Gasteiger partial charge on any atom is -0.357 e. The van der Waals surface area contributed by atoms with E-state index in [4.69, 9.17) is 11.6 Å². The lowest BCUT2D eigenvalue weighted by Gasteiger charge is -2.13. The number of hydrogen-bond donors (Lipinski definition) is 2. The number of amides is 1. The Morgan fingerprint density at radius 1 is 1.13 bits per heavy atom. The van der Waals surface area contributed by atoms with Gasteiger partial charge in [-0.3, -0.25) is 4.79 Å². The van der Waals surface area contributed by atoms with Gasteiger partial charge in [0.1, 0.15) is 0 Å². The van der Waals surface area contributed by atoms with Gasteiger partial charge in [0, 0.05) is 27.8 Å². The molecular formula is C25H26ClN3OS. The Hall–Kier alpha value is -2.63. The summed E-state index contributed by atoms with van der Waals surface area (Å²) in [5.41, 5.74) is 7.51. The van der Waals surface area contributed by atoms with Crippen molar-refractivity contribution in [3.05, 3.63) is 86.5 Å². The molecule has 2 heterocycles. The molecule has 0 spiro atoms. The van der Waals surface area contributed by atoms with E-state index < -0.39 is 0 Å². The maximum absolute atomic E-state index is 12.6. The third-order valence-electron chi connectivity index (χ3n) is 5.56. The second kappa shape index (κ2) is 8.85. The number of nitrogens with zero attached hydrogens (tertiary/aromatic N) is 1. The van der Waals surface area contributed by atoms with Gasteiger partial charge in [-0.15, -0.1) is 0 Å². The fourth-order valence-electron chi connectivity index (χ4n) is 3.82. The molecule has 1 fully saturated rings. The third-order valence-corrected chi connectivity index (χ3v) is 6.82. The summed E-state index contributed by atoms with van der Waals surface area (Å²) >= 11 is 7.75. The minimum absolute atomic E-state index is 0.0589. The molecule has 0 aliphatic carbocycles. The zero-order valence-electron chi connectivity index (χ0n) is 18.1. The van der Waals surface area contributed by atoms with E-state index in [0.717, 1.165) is 40.3 Å². The first-order valence-corrected chi connectivity index (χ1v) is 11.6. The van der Waals surface area contributed by atoms with Gasteiger partial charge in [0.2, 0.25) is 0 Å². The largest absolute Gasteiger partial charge is 0.357 e. The van der Waals surface area contributed by atoms with Crippen molar-refractivity contribution in [2.45, 2.75) is 39.6 Å². The molecule has 1 aliphatic heterocycles. The van der Waals surface area contributed by atoms with E-state index >= 15 is 0 Å². The van der Waals surface area contributed by atoms with Crippen molar-refractivity contribution in [3.63, 3.8) is 0 Å². The molecule has 4 nitrogen and oxygen atoms in total. The third kappa shape index (κ3) is 4.53. The van der Waals surface area contributed by atoms with Crippen molar-refractivity contribution >= 4 is 41.0 Å². The van der Waals surface area contributed by atoms with Crippen LogP contribution in [-0.4, -0.2) is 16.0 Å². The van der Waals surface area contributed by atoms with Crippen LogP contribution in [0.4, 0.5) is 5.69 Å². The Balaban J connectivity index is 1.57. The first kappa shape index (κ1) is 21.6. The van der Waals surface area contributed by atoms with Gasteiger partial charge in [-0.25, -0.2) is 0 Å². The SMILES string of the molecule is CCc1ccc(N[C@@H]2NC(=O)/C(=C/c3cc(C)n(-c4cc(Cl)ccc4C)c3C)S2)cc1. The van der Waals surface area contributed by atoms with E-state index in [1.165, 1.54) is 17.3 Å². The van der Waals surface area contributed by atoms with Crippen LogP contribution in [0.25, 0.3) is 11.8 Å². The van der Waals surface area contributed by atoms with Crippen LogP contribution < -0.4 is 10.6 Å². The molecule has 3 aromatic rings. The molecule has 6 heteroatoms. The van der Waals surface area contributed by atoms with Gasteiger partial charge < -0.3 is 15.2 Å². The van der Waals surface area contributed by atoms with Gasteiger partial charge in [0.05, 0.1) is 4.91 Å². The number of benzene rings is 2. The Kier molecular flexibility index (Phi) is 6.17. The molecule has 160 valence electrons. The van der Waals surface area contributed by atoms with Gasteiger partial charge in [-0.05, 0) is 80.3 Å². The van der Waals surface area contributed by atoms with Gasteiger partial charge in [0.15, 0.2) is 5.50 Å². The molecule has 1 amide bonds. The number of aromatic nitrogens is 1. The number of anilines is 1. The molecule has 1 atom stereocenters. The highest BCUT2D eigenvalue weighted by atomic mass is 35.5. The second-order valence-corrected chi connectivity index (χ2v) is 9.35. The summed E-state index contributed by atoms with van der Waals surface area (Å²) in [5, 5.41) is 7.10. The highest BCUT2D eigenvalue weighted by molar-refractivity contribution is 8.05.